The fourth-order valence-electron chi connectivity index (χ4n) is 4.46. The van der Waals surface area contributed by atoms with Crippen LogP contribution in [-0.2, 0) is 18.6 Å². The largest absolute Gasteiger partial charge is 0.502 e. The first-order valence-electron chi connectivity index (χ1n) is 9.99. The van der Waals surface area contributed by atoms with Gasteiger partial charge in [-0.3, -0.25) is 19.0 Å². The molecule has 0 fully saturated rings. The molecular formula is C22H25N3O5. The average molecular weight is 411 g/mol. The van der Waals surface area contributed by atoms with Crippen molar-refractivity contribution in [2.75, 3.05) is 13.1 Å². The van der Waals surface area contributed by atoms with E-state index in [2.05, 4.69) is 0 Å². The Bertz CT molecular complexity index is 1090. The molecule has 2 amide bonds. The lowest BCUT2D eigenvalue weighted by Gasteiger charge is -2.34. The summed E-state index contributed by atoms with van der Waals surface area (Å²) in [6.07, 6.45) is -0.438. The number of aromatic hydroxyl groups is 1. The van der Waals surface area contributed by atoms with E-state index in [1.807, 2.05) is 30.3 Å². The molecule has 0 saturated heterocycles. The fourth-order valence-corrected chi connectivity index (χ4v) is 4.46. The predicted octanol–water partition coefficient (Wildman–Crippen LogP) is 1.28. The van der Waals surface area contributed by atoms with Crippen LogP contribution in [0.15, 0.2) is 35.1 Å². The second-order valence-electron chi connectivity index (χ2n) is 8.41. The molecule has 2 N–H and O–H groups in total. The van der Waals surface area contributed by atoms with Crippen LogP contribution in [0.25, 0.3) is 0 Å². The van der Waals surface area contributed by atoms with Crippen molar-refractivity contribution in [2.45, 2.75) is 45.5 Å². The molecule has 2 aliphatic rings. The van der Waals surface area contributed by atoms with Gasteiger partial charge in [-0.15, -0.1) is 0 Å². The number of pyridine rings is 1. The highest BCUT2D eigenvalue weighted by Gasteiger charge is 2.48. The summed E-state index contributed by atoms with van der Waals surface area (Å²) in [6.45, 7) is 5.69. The molecule has 8 heteroatoms. The second kappa shape index (κ2) is 6.98. The van der Waals surface area contributed by atoms with Crippen LogP contribution in [0.5, 0.6) is 5.75 Å². The Labute approximate surface area is 174 Å². The van der Waals surface area contributed by atoms with E-state index in [1.165, 1.54) is 9.47 Å². The van der Waals surface area contributed by atoms with Gasteiger partial charge >= 0.3 is 0 Å². The number of carbonyl (C=O) groups excluding carboxylic acids is 2. The van der Waals surface area contributed by atoms with Gasteiger partial charge in [0.15, 0.2) is 5.75 Å². The van der Waals surface area contributed by atoms with Crippen LogP contribution >= 0.6 is 0 Å². The van der Waals surface area contributed by atoms with E-state index in [0.29, 0.717) is 25.1 Å². The maximum absolute atomic E-state index is 13.2. The summed E-state index contributed by atoms with van der Waals surface area (Å²) in [5, 5.41) is 20.5. The Morgan fingerprint density at radius 1 is 1.10 bits per heavy atom. The number of nitrogens with zero attached hydrogens (tertiary/aromatic N) is 3. The van der Waals surface area contributed by atoms with Crippen LogP contribution in [0.4, 0.5) is 0 Å². The minimum Gasteiger partial charge on any atom is -0.502 e. The molecule has 1 atom stereocenters. The Balaban J connectivity index is 1.82. The van der Waals surface area contributed by atoms with Gasteiger partial charge in [-0.25, -0.2) is 0 Å². The van der Waals surface area contributed by atoms with Crippen molar-refractivity contribution in [1.82, 2.24) is 14.4 Å². The molecule has 1 aromatic heterocycles. The molecule has 3 heterocycles. The summed E-state index contributed by atoms with van der Waals surface area (Å²) in [5.74, 6) is -1.51. The molecule has 158 valence electrons. The van der Waals surface area contributed by atoms with Gasteiger partial charge in [0.25, 0.3) is 17.4 Å². The van der Waals surface area contributed by atoms with Crippen LogP contribution in [-0.4, -0.2) is 55.6 Å². The van der Waals surface area contributed by atoms with Gasteiger partial charge in [0.2, 0.25) is 0 Å². The number of rotatable bonds is 4. The Morgan fingerprint density at radius 2 is 1.77 bits per heavy atom. The summed E-state index contributed by atoms with van der Waals surface area (Å²) in [5.41, 5.74) is -0.468. The molecule has 2 aromatic rings. The van der Waals surface area contributed by atoms with Gasteiger partial charge in [-0.2, -0.15) is 0 Å². The van der Waals surface area contributed by atoms with Crippen LogP contribution in [0.3, 0.4) is 0 Å². The van der Waals surface area contributed by atoms with E-state index in [4.69, 9.17) is 0 Å². The van der Waals surface area contributed by atoms with Crippen LogP contribution in [0.1, 0.15) is 52.7 Å². The van der Waals surface area contributed by atoms with Crippen molar-refractivity contribution in [3.05, 3.63) is 63.1 Å². The van der Waals surface area contributed by atoms with Gasteiger partial charge in [-0.05, 0) is 32.8 Å². The van der Waals surface area contributed by atoms with E-state index in [1.54, 1.807) is 25.7 Å². The van der Waals surface area contributed by atoms with Crippen molar-refractivity contribution in [3.63, 3.8) is 0 Å². The number of aliphatic hydroxyl groups excluding tert-OH is 1. The molecule has 0 saturated carbocycles. The molecule has 0 spiro atoms. The van der Waals surface area contributed by atoms with E-state index in [0.717, 1.165) is 5.56 Å². The Kier molecular flexibility index (Phi) is 4.69. The minimum atomic E-state index is -1.07. The number of benzene rings is 1. The Hall–Kier alpha value is -3.13. The van der Waals surface area contributed by atoms with E-state index < -0.39 is 34.9 Å². The predicted molar refractivity (Wildman–Crippen MR) is 109 cm³/mol. The first kappa shape index (κ1) is 20.2. The van der Waals surface area contributed by atoms with Crippen LogP contribution in [0, 0.1) is 0 Å². The molecule has 0 radical (unpaired) electrons. The number of aliphatic hydroxyl groups is 1. The molecule has 30 heavy (non-hydrogen) atoms. The van der Waals surface area contributed by atoms with Crippen LogP contribution in [0.2, 0.25) is 0 Å². The molecular weight excluding hydrogens is 386 g/mol. The zero-order valence-electron chi connectivity index (χ0n) is 17.3. The summed E-state index contributed by atoms with van der Waals surface area (Å²) < 4.78 is 1.26. The van der Waals surface area contributed by atoms with Crippen molar-refractivity contribution >= 4 is 11.8 Å². The third-order valence-corrected chi connectivity index (χ3v) is 5.91. The molecule has 0 bridgehead atoms. The second-order valence-corrected chi connectivity index (χ2v) is 8.41. The lowest BCUT2D eigenvalue weighted by Crippen LogP contribution is -2.48. The van der Waals surface area contributed by atoms with E-state index in [9.17, 15) is 24.6 Å². The summed E-state index contributed by atoms with van der Waals surface area (Å²) in [4.78, 5) is 42.4. The summed E-state index contributed by atoms with van der Waals surface area (Å²) in [6, 6.07) is 9.46. The molecule has 0 aliphatic carbocycles. The quantitative estimate of drug-likeness (QED) is 0.789. The highest BCUT2D eigenvalue weighted by molar-refractivity contribution is 6.05. The number of carbonyl (C=O) groups is 2. The topological polar surface area (TPSA) is 103 Å². The van der Waals surface area contributed by atoms with Gasteiger partial charge in [-0.1, -0.05) is 30.3 Å². The number of fused-ring (bicyclic) bond motifs is 3. The number of hydrogen-bond acceptors (Lipinski definition) is 5. The number of β-amino-alcohol motifs (C(OH)–C–C–N with tert-alkyl or cyclic N) is 1. The van der Waals surface area contributed by atoms with Crippen LogP contribution < -0.4 is 5.56 Å². The zero-order chi connectivity index (χ0) is 21.8. The highest BCUT2D eigenvalue weighted by atomic mass is 16.3. The van der Waals surface area contributed by atoms with Gasteiger partial charge in [0, 0.05) is 25.2 Å². The lowest BCUT2D eigenvalue weighted by atomic mass is 9.95. The normalized spacial score (nSPS) is 18.4. The molecule has 1 aromatic carbocycles. The number of aromatic nitrogens is 1. The Morgan fingerprint density at radius 3 is 2.40 bits per heavy atom. The third-order valence-electron chi connectivity index (χ3n) is 5.91. The first-order valence-corrected chi connectivity index (χ1v) is 9.99. The van der Waals surface area contributed by atoms with Gasteiger partial charge in [0.05, 0.1) is 11.7 Å². The monoisotopic (exact) mass is 411 g/mol. The zero-order valence-corrected chi connectivity index (χ0v) is 17.3. The fraction of sp³-hybridized carbons (Fsp3) is 0.409. The SMILES string of the molecule is CC(O)CN1C(=O)c2c3c(c(O)c(=O)n2C1(C)C)C(=O)N(Cc1ccccc1)CC3. The number of amides is 2. The summed E-state index contributed by atoms with van der Waals surface area (Å²) >= 11 is 0. The van der Waals surface area contributed by atoms with E-state index in [-0.39, 0.29) is 17.8 Å². The maximum atomic E-state index is 13.2. The first-order chi connectivity index (χ1) is 14.1. The molecule has 4 rings (SSSR count). The standard InChI is InChI=1S/C22H25N3O5/c1-13(26)11-24-20(29)17-15-9-10-23(12-14-7-5-4-6-8-14)19(28)16(15)18(27)21(30)25(17)22(24,2)3/h4-8,13,26-27H,9-12H2,1-3H3. The minimum absolute atomic E-state index is 0.0383. The third kappa shape index (κ3) is 2.90. The van der Waals surface area contributed by atoms with Crippen molar-refractivity contribution in [3.8, 4) is 5.75 Å². The lowest BCUT2D eigenvalue weighted by molar-refractivity contribution is 0.0297. The van der Waals surface area contributed by atoms with Gasteiger partial charge < -0.3 is 20.0 Å². The average Bonchev–Trinajstić information content (AvgIpc) is 2.89. The smallest absolute Gasteiger partial charge is 0.296 e. The van der Waals surface area contributed by atoms with E-state index >= 15 is 0 Å². The number of hydrogen-bond donors (Lipinski definition) is 2. The van der Waals surface area contributed by atoms with Crippen molar-refractivity contribution in [1.29, 1.82) is 0 Å². The molecule has 8 nitrogen and oxygen atoms in total. The maximum Gasteiger partial charge on any atom is 0.296 e. The molecule has 2 aliphatic heterocycles. The van der Waals surface area contributed by atoms with Crippen molar-refractivity contribution in [2.24, 2.45) is 0 Å². The van der Waals surface area contributed by atoms with Gasteiger partial charge in [0.1, 0.15) is 11.4 Å². The summed E-state index contributed by atoms with van der Waals surface area (Å²) in [7, 11) is 0. The molecule has 1 unspecified atom stereocenters. The van der Waals surface area contributed by atoms with Crippen molar-refractivity contribution < 1.29 is 19.8 Å². The highest BCUT2D eigenvalue weighted by Crippen LogP contribution is 2.37.